The first-order valence-corrected chi connectivity index (χ1v) is 6.63. The van der Waals surface area contributed by atoms with Gasteiger partial charge in [-0.1, -0.05) is 42.5 Å². The Morgan fingerprint density at radius 1 is 1.11 bits per heavy atom. The number of hydrogen-bond acceptors (Lipinski definition) is 2. The van der Waals surface area contributed by atoms with Gasteiger partial charge in [0.05, 0.1) is 13.0 Å². The van der Waals surface area contributed by atoms with Crippen LogP contribution in [0.1, 0.15) is 23.6 Å². The lowest BCUT2D eigenvalue weighted by atomic mass is 10.0. The zero-order valence-corrected chi connectivity index (χ0v) is 11.0. The number of ether oxygens (including phenoxy) is 1. The van der Waals surface area contributed by atoms with Gasteiger partial charge in [-0.15, -0.1) is 0 Å². The molecule has 0 fully saturated rings. The first-order valence-electron chi connectivity index (χ1n) is 6.63. The Morgan fingerprint density at radius 2 is 1.89 bits per heavy atom. The van der Waals surface area contributed by atoms with Crippen molar-refractivity contribution in [3.8, 4) is 11.1 Å². The molecule has 2 aromatic rings. The second-order valence-electron chi connectivity index (χ2n) is 4.81. The predicted octanol–water partition coefficient (Wildman–Crippen LogP) is 3.36. The van der Waals surface area contributed by atoms with Crippen LogP contribution in [0.4, 0.5) is 0 Å². The third kappa shape index (κ3) is 2.26. The summed E-state index contributed by atoms with van der Waals surface area (Å²) in [5, 5.41) is 0. The van der Waals surface area contributed by atoms with E-state index in [2.05, 4.69) is 36.4 Å². The molecule has 0 heterocycles. The Labute approximate surface area is 113 Å². The van der Waals surface area contributed by atoms with E-state index in [9.17, 15) is 4.79 Å². The van der Waals surface area contributed by atoms with Gasteiger partial charge >= 0.3 is 5.97 Å². The zero-order valence-electron chi connectivity index (χ0n) is 11.0. The highest BCUT2D eigenvalue weighted by Gasteiger charge is 2.18. The van der Waals surface area contributed by atoms with Crippen molar-refractivity contribution < 1.29 is 9.53 Å². The number of carbonyl (C=O) groups excluding carboxylic acids is 1. The molecule has 1 aliphatic carbocycles. The van der Waals surface area contributed by atoms with Gasteiger partial charge in [-0.2, -0.15) is 0 Å². The number of hydrogen-bond donors (Lipinski definition) is 0. The minimum absolute atomic E-state index is 0.155. The van der Waals surface area contributed by atoms with Gasteiger partial charge in [0.25, 0.3) is 0 Å². The van der Waals surface area contributed by atoms with E-state index in [1.807, 2.05) is 13.0 Å². The van der Waals surface area contributed by atoms with Crippen LogP contribution in [-0.4, -0.2) is 12.6 Å². The van der Waals surface area contributed by atoms with E-state index in [1.165, 1.54) is 22.3 Å². The number of carbonyl (C=O) groups is 1. The van der Waals surface area contributed by atoms with E-state index in [0.29, 0.717) is 13.0 Å². The zero-order chi connectivity index (χ0) is 13.2. The average molecular weight is 252 g/mol. The third-order valence-corrected chi connectivity index (χ3v) is 3.51. The summed E-state index contributed by atoms with van der Waals surface area (Å²) < 4.78 is 4.99. The predicted molar refractivity (Wildman–Crippen MR) is 75.0 cm³/mol. The number of benzene rings is 2. The normalized spacial score (nSPS) is 11.8. The number of rotatable bonds is 3. The monoisotopic (exact) mass is 252 g/mol. The average Bonchev–Trinajstić information content (AvgIpc) is 2.76. The lowest BCUT2D eigenvalue weighted by Crippen LogP contribution is -2.07. The second-order valence-corrected chi connectivity index (χ2v) is 4.81. The molecular weight excluding hydrogens is 236 g/mol. The van der Waals surface area contributed by atoms with Gasteiger partial charge in [0, 0.05) is 0 Å². The molecule has 0 amide bonds. The minimum atomic E-state index is -0.155. The Hall–Kier alpha value is -2.09. The minimum Gasteiger partial charge on any atom is -0.466 e. The topological polar surface area (TPSA) is 26.3 Å². The highest BCUT2D eigenvalue weighted by atomic mass is 16.5. The molecule has 2 heteroatoms. The molecule has 2 nitrogen and oxygen atoms in total. The summed E-state index contributed by atoms with van der Waals surface area (Å²) in [5.41, 5.74) is 6.32. The lowest BCUT2D eigenvalue weighted by Gasteiger charge is -2.05. The van der Waals surface area contributed by atoms with Crippen molar-refractivity contribution in [2.75, 3.05) is 6.61 Å². The smallest absolute Gasteiger partial charge is 0.310 e. The van der Waals surface area contributed by atoms with Crippen LogP contribution < -0.4 is 0 Å². The fraction of sp³-hybridized carbons (Fsp3) is 0.235. The first kappa shape index (κ1) is 12.0. The summed E-state index contributed by atoms with van der Waals surface area (Å²) >= 11 is 0. The molecule has 0 aromatic heterocycles. The molecule has 0 spiro atoms. The van der Waals surface area contributed by atoms with Crippen molar-refractivity contribution in [1.29, 1.82) is 0 Å². The van der Waals surface area contributed by atoms with Gasteiger partial charge in [0.2, 0.25) is 0 Å². The Kier molecular flexibility index (Phi) is 3.08. The van der Waals surface area contributed by atoms with Crippen molar-refractivity contribution >= 4 is 5.97 Å². The number of fused-ring (bicyclic) bond motifs is 3. The van der Waals surface area contributed by atoms with E-state index in [1.54, 1.807) is 0 Å². The van der Waals surface area contributed by atoms with Gasteiger partial charge in [-0.05, 0) is 41.2 Å². The van der Waals surface area contributed by atoms with E-state index in [4.69, 9.17) is 4.74 Å². The molecule has 3 rings (SSSR count). The molecule has 0 aliphatic heterocycles. The lowest BCUT2D eigenvalue weighted by molar-refractivity contribution is -0.142. The van der Waals surface area contributed by atoms with E-state index >= 15 is 0 Å². The standard InChI is InChI=1S/C17H16O2/c1-2-19-17(18)10-12-7-8-16-14(9-12)11-13-5-3-4-6-15(13)16/h3-9H,2,10-11H2,1H3. The van der Waals surface area contributed by atoms with Crippen molar-refractivity contribution in [3.63, 3.8) is 0 Å². The highest BCUT2D eigenvalue weighted by molar-refractivity contribution is 5.78. The SMILES string of the molecule is CCOC(=O)Cc1ccc2c(c1)Cc1ccccc1-2. The van der Waals surface area contributed by atoms with Crippen molar-refractivity contribution in [3.05, 3.63) is 59.2 Å². The molecule has 0 bridgehead atoms. The van der Waals surface area contributed by atoms with Crippen LogP contribution in [0.15, 0.2) is 42.5 Å². The van der Waals surface area contributed by atoms with Gasteiger partial charge in [0.15, 0.2) is 0 Å². The van der Waals surface area contributed by atoms with Gasteiger partial charge in [0.1, 0.15) is 0 Å². The van der Waals surface area contributed by atoms with Crippen LogP contribution >= 0.6 is 0 Å². The van der Waals surface area contributed by atoms with Crippen LogP contribution in [-0.2, 0) is 22.4 Å². The Morgan fingerprint density at radius 3 is 2.74 bits per heavy atom. The highest BCUT2D eigenvalue weighted by Crippen LogP contribution is 2.36. The van der Waals surface area contributed by atoms with Crippen LogP contribution in [0.2, 0.25) is 0 Å². The van der Waals surface area contributed by atoms with E-state index in [0.717, 1.165) is 12.0 Å². The van der Waals surface area contributed by atoms with E-state index in [-0.39, 0.29) is 5.97 Å². The van der Waals surface area contributed by atoms with Gasteiger partial charge in [-0.3, -0.25) is 4.79 Å². The van der Waals surface area contributed by atoms with E-state index < -0.39 is 0 Å². The van der Waals surface area contributed by atoms with Gasteiger partial charge in [-0.25, -0.2) is 0 Å². The van der Waals surface area contributed by atoms with Crippen LogP contribution in [0.5, 0.6) is 0 Å². The summed E-state index contributed by atoms with van der Waals surface area (Å²) in [6, 6.07) is 14.7. The molecule has 0 radical (unpaired) electrons. The maximum absolute atomic E-state index is 11.5. The summed E-state index contributed by atoms with van der Waals surface area (Å²) in [5.74, 6) is -0.155. The van der Waals surface area contributed by atoms with Crippen LogP contribution in [0, 0.1) is 0 Å². The van der Waals surface area contributed by atoms with Crippen molar-refractivity contribution in [1.82, 2.24) is 0 Å². The van der Waals surface area contributed by atoms with Crippen molar-refractivity contribution in [2.45, 2.75) is 19.8 Å². The summed E-state index contributed by atoms with van der Waals surface area (Å²) in [6.07, 6.45) is 1.32. The van der Waals surface area contributed by atoms with Crippen LogP contribution in [0.25, 0.3) is 11.1 Å². The largest absolute Gasteiger partial charge is 0.466 e. The molecule has 0 unspecified atom stereocenters. The number of esters is 1. The molecule has 19 heavy (non-hydrogen) atoms. The van der Waals surface area contributed by atoms with Gasteiger partial charge < -0.3 is 4.74 Å². The fourth-order valence-electron chi connectivity index (χ4n) is 2.69. The Bertz CT molecular complexity index is 629. The molecule has 0 saturated carbocycles. The molecule has 96 valence electrons. The van der Waals surface area contributed by atoms with Crippen LogP contribution in [0.3, 0.4) is 0 Å². The van der Waals surface area contributed by atoms with Crippen molar-refractivity contribution in [2.24, 2.45) is 0 Å². The molecule has 0 N–H and O–H groups in total. The molecule has 2 aromatic carbocycles. The maximum atomic E-state index is 11.5. The molecule has 0 atom stereocenters. The second kappa shape index (κ2) is 4.88. The molecule has 1 aliphatic rings. The first-order chi connectivity index (χ1) is 9.28. The quantitative estimate of drug-likeness (QED) is 0.668. The Balaban J connectivity index is 1.87. The fourth-order valence-corrected chi connectivity index (χ4v) is 2.69. The third-order valence-electron chi connectivity index (χ3n) is 3.51. The summed E-state index contributed by atoms with van der Waals surface area (Å²) in [4.78, 5) is 11.5. The molecular formula is C17H16O2. The summed E-state index contributed by atoms with van der Waals surface area (Å²) in [7, 11) is 0. The maximum Gasteiger partial charge on any atom is 0.310 e. The molecule has 0 saturated heterocycles. The summed E-state index contributed by atoms with van der Waals surface area (Å²) in [6.45, 7) is 2.27.